The molecule has 1 aromatic carbocycles. The maximum atomic E-state index is 13.6. The van der Waals surface area contributed by atoms with Gasteiger partial charge in [0.25, 0.3) is 5.91 Å². The Hall–Kier alpha value is -4.40. The van der Waals surface area contributed by atoms with Gasteiger partial charge in [0.2, 0.25) is 5.91 Å². The molecule has 2 fully saturated rings. The predicted octanol–water partition coefficient (Wildman–Crippen LogP) is 2.54. The van der Waals surface area contributed by atoms with Crippen LogP contribution in [0.4, 0.5) is 19.0 Å². The van der Waals surface area contributed by atoms with Crippen LogP contribution in [0.3, 0.4) is 0 Å². The number of halogens is 3. The monoisotopic (exact) mass is 615 g/mol. The summed E-state index contributed by atoms with van der Waals surface area (Å²) < 4.78 is 57.8. The number of methoxy groups -OCH3 is 1. The molecule has 0 aliphatic carbocycles. The molecule has 3 aliphatic rings. The minimum atomic E-state index is -4.45. The van der Waals surface area contributed by atoms with E-state index < -0.39 is 23.9 Å². The molecule has 234 valence electrons. The first kappa shape index (κ1) is 29.7. The first-order valence-electron chi connectivity index (χ1n) is 14.4. The minimum Gasteiger partial charge on any atom is -0.493 e. The Bertz CT molecular complexity index is 1490. The van der Waals surface area contributed by atoms with E-state index in [0.29, 0.717) is 61.1 Å². The first-order valence-corrected chi connectivity index (χ1v) is 14.4. The van der Waals surface area contributed by atoms with Crippen molar-refractivity contribution in [1.82, 2.24) is 30.2 Å². The Morgan fingerprint density at radius 2 is 1.93 bits per heavy atom. The molecule has 0 saturated carbocycles. The molecule has 5 heterocycles. The van der Waals surface area contributed by atoms with E-state index in [1.807, 2.05) is 4.90 Å². The molecular formula is C29H32F3N7O5. The predicted molar refractivity (Wildman–Crippen MR) is 149 cm³/mol. The van der Waals surface area contributed by atoms with E-state index in [1.165, 1.54) is 13.2 Å². The Kier molecular flexibility index (Phi) is 8.29. The molecule has 44 heavy (non-hydrogen) atoms. The zero-order valence-corrected chi connectivity index (χ0v) is 24.0. The van der Waals surface area contributed by atoms with Crippen molar-refractivity contribution in [3.05, 3.63) is 59.5 Å². The van der Waals surface area contributed by atoms with E-state index in [-0.39, 0.29) is 44.0 Å². The molecule has 4 bridgehead atoms. The summed E-state index contributed by atoms with van der Waals surface area (Å²) in [6.45, 7) is 2.39. The summed E-state index contributed by atoms with van der Waals surface area (Å²) in [4.78, 5) is 34.5. The van der Waals surface area contributed by atoms with E-state index in [1.54, 1.807) is 34.0 Å². The number of benzene rings is 1. The number of hydrogen-bond donors (Lipinski definition) is 1. The number of alkyl halides is 3. The molecule has 2 atom stereocenters. The number of nitrogens with zero attached hydrogens (tertiary/aromatic N) is 6. The average molecular weight is 616 g/mol. The lowest BCUT2D eigenvalue weighted by molar-refractivity contribution is -0.138. The van der Waals surface area contributed by atoms with Crippen LogP contribution in [0.5, 0.6) is 11.5 Å². The second-order valence-electron chi connectivity index (χ2n) is 11.0. The lowest BCUT2D eigenvalue weighted by Crippen LogP contribution is -2.45. The van der Waals surface area contributed by atoms with Gasteiger partial charge in [-0.05, 0) is 43.2 Å². The summed E-state index contributed by atoms with van der Waals surface area (Å²) in [6, 6.07) is 6.84. The molecule has 3 aliphatic heterocycles. The standard InChI is InChI=1S/C29H32F3N7O5/c1-42-23-4-2-19-12-24(23)43-11-10-39-14-21(35-36-39)17-44-25-16-38(15-22(25)34-27(19)40)28(41)18-6-8-37(9-7-18)26-5-3-20(13-33-26)29(30,31)32/h2-5,12-14,18,22,25H,6-11,15-17H2,1H3,(H,34,40)/t22-,25-/m0/s1. The van der Waals surface area contributed by atoms with Crippen LogP contribution in [-0.2, 0) is 28.9 Å². The summed E-state index contributed by atoms with van der Waals surface area (Å²) in [5.41, 5.74) is 0.190. The van der Waals surface area contributed by atoms with E-state index >= 15 is 0 Å². The summed E-state index contributed by atoms with van der Waals surface area (Å²) in [6.07, 6.45) is -1.28. The molecule has 6 rings (SSSR count). The molecular weight excluding hydrogens is 583 g/mol. The molecule has 2 amide bonds. The van der Waals surface area contributed by atoms with Crippen LogP contribution in [0.2, 0.25) is 0 Å². The highest BCUT2D eigenvalue weighted by Gasteiger charge is 2.40. The molecule has 15 heteroatoms. The zero-order valence-electron chi connectivity index (χ0n) is 24.0. The number of nitrogens with one attached hydrogen (secondary N) is 1. The molecule has 0 radical (unpaired) electrons. The topological polar surface area (TPSA) is 124 Å². The third kappa shape index (κ3) is 6.42. The fourth-order valence-electron chi connectivity index (χ4n) is 5.75. The van der Waals surface area contributed by atoms with Crippen LogP contribution in [0.15, 0.2) is 42.7 Å². The van der Waals surface area contributed by atoms with Gasteiger partial charge >= 0.3 is 6.18 Å². The molecule has 0 unspecified atom stereocenters. The summed E-state index contributed by atoms with van der Waals surface area (Å²) in [5.74, 6) is 0.714. The second kappa shape index (κ2) is 12.3. The smallest absolute Gasteiger partial charge is 0.417 e. The normalized spacial score (nSPS) is 21.5. The first-order chi connectivity index (χ1) is 21.2. The van der Waals surface area contributed by atoms with Crippen LogP contribution < -0.4 is 19.7 Å². The van der Waals surface area contributed by atoms with Crippen LogP contribution in [0.25, 0.3) is 0 Å². The highest BCUT2D eigenvalue weighted by molar-refractivity contribution is 5.95. The van der Waals surface area contributed by atoms with Gasteiger partial charge < -0.3 is 29.3 Å². The fourth-order valence-corrected chi connectivity index (χ4v) is 5.75. The number of pyridine rings is 1. The van der Waals surface area contributed by atoms with Gasteiger partial charge in [-0.1, -0.05) is 5.21 Å². The Morgan fingerprint density at radius 1 is 1.11 bits per heavy atom. The van der Waals surface area contributed by atoms with Gasteiger partial charge in [0.1, 0.15) is 18.1 Å². The molecule has 1 N–H and O–H groups in total. The van der Waals surface area contributed by atoms with Crippen molar-refractivity contribution >= 4 is 17.6 Å². The van der Waals surface area contributed by atoms with Crippen LogP contribution in [0.1, 0.15) is 34.5 Å². The Labute approximate surface area is 251 Å². The second-order valence-corrected chi connectivity index (χ2v) is 11.0. The van der Waals surface area contributed by atoms with Crippen LogP contribution in [-0.4, -0.2) is 88.7 Å². The van der Waals surface area contributed by atoms with Gasteiger partial charge in [0.05, 0.1) is 44.2 Å². The van der Waals surface area contributed by atoms with Crippen molar-refractivity contribution in [3.8, 4) is 11.5 Å². The van der Waals surface area contributed by atoms with Crippen molar-refractivity contribution in [1.29, 1.82) is 0 Å². The van der Waals surface area contributed by atoms with Gasteiger partial charge in [-0.15, -0.1) is 5.10 Å². The zero-order chi connectivity index (χ0) is 30.8. The van der Waals surface area contributed by atoms with Crippen molar-refractivity contribution in [2.45, 2.75) is 44.3 Å². The van der Waals surface area contributed by atoms with Crippen LogP contribution >= 0.6 is 0 Å². The number of rotatable bonds is 3. The van der Waals surface area contributed by atoms with Crippen LogP contribution in [0, 0.1) is 5.92 Å². The largest absolute Gasteiger partial charge is 0.493 e. The average Bonchev–Trinajstić information content (AvgIpc) is 3.65. The van der Waals surface area contributed by atoms with Crippen molar-refractivity contribution in [2.24, 2.45) is 5.92 Å². The molecule has 2 aromatic heterocycles. The van der Waals surface area contributed by atoms with Crippen molar-refractivity contribution in [2.75, 3.05) is 44.8 Å². The summed E-state index contributed by atoms with van der Waals surface area (Å²) in [5, 5.41) is 11.3. The number of piperidine rings is 1. The van der Waals surface area contributed by atoms with Crippen molar-refractivity contribution < 1.29 is 37.0 Å². The Balaban J connectivity index is 1.13. The minimum absolute atomic E-state index is 0.0455. The number of ether oxygens (including phenoxy) is 3. The number of amides is 2. The van der Waals surface area contributed by atoms with Gasteiger partial charge in [-0.2, -0.15) is 13.2 Å². The Morgan fingerprint density at radius 3 is 2.66 bits per heavy atom. The van der Waals surface area contributed by atoms with Gasteiger partial charge in [0.15, 0.2) is 11.5 Å². The summed E-state index contributed by atoms with van der Waals surface area (Å²) >= 11 is 0. The third-order valence-corrected chi connectivity index (χ3v) is 8.17. The summed E-state index contributed by atoms with van der Waals surface area (Å²) in [7, 11) is 1.52. The fraction of sp³-hybridized carbons (Fsp3) is 0.483. The van der Waals surface area contributed by atoms with Gasteiger partial charge in [0, 0.05) is 43.9 Å². The quantitative estimate of drug-likeness (QED) is 0.474. The molecule has 0 spiro atoms. The number of fused-ring (bicyclic) bond motifs is 5. The van der Waals surface area contributed by atoms with E-state index in [2.05, 4.69) is 20.6 Å². The molecule has 2 saturated heterocycles. The number of hydrogen-bond acceptors (Lipinski definition) is 9. The van der Waals surface area contributed by atoms with E-state index in [4.69, 9.17) is 14.2 Å². The number of anilines is 1. The highest BCUT2D eigenvalue weighted by atomic mass is 19.4. The number of likely N-dealkylation sites (tertiary alicyclic amines) is 1. The van der Waals surface area contributed by atoms with E-state index in [0.717, 1.165) is 12.3 Å². The third-order valence-electron chi connectivity index (χ3n) is 8.17. The lowest BCUT2D eigenvalue weighted by Gasteiger charge is -2.34. The lowest BCUT2D eigenvalue weighted by atomic mass is 9.95. The SMILES string of the molecule is COc1ccc2cc1OCCn1cc(nn1)CO[C@H]1CN(C(=O)C3CCN(c4ccc(C(F)(F)F)cn4)CC3)C[C@@H]1NC2=O. The van der Waals surface area contributed by atoms with Crippen molar-refractivity contribution in [3.63, 3.8) is 0 Å². The van der Waals surface area contributed by atoms with Gasteiger partial charge in [-0.25, -0.2) is 9.67 Å². The number of carbonyl (C=O) groups excluding carboxylic acids is 2. The number of aromatic nitrogens is 4. The van der Waals surface area contributed by atoms with Gasteiger partial charge in [-0.3, -0.25) is 9.59 Å². The highest BCUT2D eigenvalue weighted by Crippen LogP contribution is 2.31. The molecule has 3 aromatic rings. The maximum absolute atomic E-state index is 13.6. The molecule has 12 nitrogen and oxygen atoms in total. The maximum Gasteiger partial charge on any atom is 0.417 e. The number of carbonyl (C=O) groups is 2. The van der Waals surface area contributed by atoms with E-state index in [9.17, 15) is 22.8 Å².